The second-order valence-corrected chi connectivity index (χ2v) is 20.4. The molecule has 1 aromatic heterocycles. The number of amides is 3. The molecule has 0 bridgehead atoms. The topological polar surface area (TPSA) is 159 Å². The van der Waals surface area contributed by atoms with Crippen LogP contribution in [0.15, 0.2) is 36.4 Å². The van der Waals surface area contributed by atoms with Gasteiger partial charge in [0.05, 0.1) is 36.4 Å². The van der Waals surface area contributed by atoms with E-state index in [0.29, 0.717) is 31.7 Å². The number of carbonyl (C=O) groups excluding carboxylic acids is 4. The fourth-order valence-electron chi connectivity index (χ4n) is 5.32. The molecule has 270 valence electrons. The molecule has 2 aromatic rings. The van der Waals surface area contributed by atoms with Crippen LogP contribution in [0.3, 0.4) is 0 Å². The predicted molar refractivity (Wildman–Crippen MR) is 193 cm³/mol. The third-order valence-electron chi connectivity index (χ3n) is 8.63. The van der Waals surface area contributed by atoms with Crippen LogP contribution >= 0.6 is 0 Å². The lowest BCUT2D eigenvalue weighted by atomic mass is 9.88. The van der Waals surface area contributed by atoms with E-state index < -0.39 is 61.4 Å². The number of methoxy groups -OCH3 is 1. The Labute approximate surface area is 291 Å². The first-order valence-corrected chi connectivity index (χ1v) is 20.8. The summed E-state index contributed by atoms with van der Waals surface area (Å²) < 4.78 is 10.9. The van der Waals surface area contributed by atoms with Crippen LogP contribution in [0, 0.1) is 11.3 Å². The number of esters is 1. The Morgan fingerprint density at radius 1 is 1.12 bits per heavy atom. The first-order valence-electron chi connectivity index (χ1n) is 17.1. The van der Waals surface area contributed by atoms with Crippen molar-refractivity contribution in [3.05, 3.63) is 47.7 Å². The summed E-state index contributed by atoms with van der Waals surface area (Å²) in [6.45, 7) is 16.4. The highest BCUT2D eigenvalue weighted by Gasteiger charge is 2.37. The van der Waals surface area contributed by atoms with Crippen LogP contribution in [0.25, 0.3) is 17.0 Å². The van der Waals surface area contributed by atoms with Gasteiger partial charge in [-0.15, -0.1) is 0 Å². The number of hydrazine groups is 1. The molecule has 1 aromatic carbocycles. The quantitative estimate of drug-likeness (QED) is 0.123. The molecule has 2 heterocycles. The van der Waals surface area contributed by atoms with E-state index in [2.05, 4.69) is 40.7 Å². The number of fused-ring (bicyclic) bond motifs is 1. The molecule has 1 aliphatic rings. The summed E-state index contributed by atoms with van der Waals surface area (Å²) in [5.41, 5.74) is 3.86. The molecule has 3 rings (SSSR count). The van der Waals surface area contributed by atoms with Crippen LogP contribution in [-0.2, 0) is 28.7 Å². The van der Waals surface area contributed by atoms with Crippen molar-refractivity contribution in [3.63, 3.8) is 0 Å². The Bertz CT molecular complexity index is 1510. The van der Waals surface area contributed by atoms with E-state index in [1.807, 2.05) is 44.2 Å². The van der Waals surface area contributed by atoms with Gasteiger partial charge in [-0.25, -0.2) is 5.43 Å². The zero-order chi connectivity index (χ0) is 36.5. The van der Waals surface area contributed by atoms with E-state index in [4.69, 9.17) is 9.47 Å². The Hall–Kier alpha value is -3.65. The minimum Gasteiger partial charge on any atom is -0.468 e. The number of carbonyl (C=O) groups is 4. The van der Waals surface area contributed by atoms with Crippen molar-refractivity contribution in [3.8, 4) is 0 Å². The monoisotopic (exact) mass is 697 g/mol. The van der Waals surface area contributed by atoms with Crippen molar-refractivity contribution in [2.45, 2.75) is 97.4 Å². The lowest BCUT2D eigenvalue weighted by molar-refractivity contribution is -0.150. The maximum Gasteiger partial charge on any atom is 0.324 e. The number of aliphatic hydroxyl groups is 1. The van der Waals surface area contributed by atoms with Crippen molar-refractivity contribution in [2.24, 2.45) is 11.3 Å². The summed E-state index contributed by atoms with van der Waals surface area (Å²) in [6.07, 6.45) is 4.08. The largest absolute Gasteiger partial charge is 0.468 e. The molecule has 12 nitrogen and oxygen atoms in total. The molecular weight excluding hydrogens is 643 g/mol. The van der Waals surface area contributed by atoms with E-state index >= 15 is 0 Å². The van der Waals surface area contributed by atoms with E-state index in [0.717, 1.165) is 22.5 Å². The molecule has 3 amide bonds. The van der Waals surface area contributed by atoms with Crippen molar-refractivity contribution in [1.82, 2.24) is 26.1 Å². The minimum absolute atomic E-state index is 0.0983. The van der Waals surface area contributed by atoms with E-state index in [-0.39, 0.29) is 12.5 Å². The molecule has 0 spiro atoms. The maximum absolute atomic E-state index is 14.0. The molecule has 1 aliphatic heterocycles. The van der Waals surface area contributed by atoms with E-state index in [9.17, 15) is 24.3 Å². The lowest BCUT2D eigenvalue weighted by Gasteiger charge is -2.34. The summed E-state index contributed by atoms with van der Waals surface area (Å²) in [5.74, 6) is -2.03. The third-order valence-corrected chi connectivity index (χ3v) is 10.3. The average molecular weight is 698 g/mol. The standard InChI is InChI=1S/C36H55N5O7Si/c1-23(2)31(32(43)37-24(3)33(44)41-18-10-11-29(40-41)34(45)47-6)39-35(46)36(5,22-48-19-20-49(7,8)9)17-16-26-12-13-27-14-15-28(25(4)42)38-30(27)21-26/h12-17,21,23-25,29,31,40,42H,10-11,18-20,22H2,1-9H3,(H,37,43)(H,39,46)/b17-16+/t24?,25-,29+,31+,36-/m1/s1. The maximum atomic E-state index is 14.0. The van der Waals surface area contributed by atoms with Gasteiger partial charge in [0.25, 0.3) is 5.91 Å². The number of ether oxygens (including phenoxy) is 2. The summed E-state index contributed by atoms with van der Waals surface area (Å²) in [7, 11) is -0.0804. The second-order valence-electron chi connectivity index (χ2n) is 14.7. The fraction of sp³-hybridized carbons (Fsp3) is 0.583. The Kier molecular flexibility index (Phi) is 14.1. The highest BCUT2D eigenvalue weighted by atomic mass is 28.3. The molecule has 0 radical (unpaired) electrons. The Morgan fingerprint density at radius 2 is 1.82 bits per heavy atom. The number of pyridine rings is 1. The molecule has 1 saturated heterocycles. The molecule has 1 unspecified atom stereocenters. The first-order chi connectivity index (χ1) is 22.9. The molecule has 5 atom stereocenters. The van der Waals surface area contributed by atoms with E-state index in [1.54, 1.807) is 32.9 Å². The summed E-state index contributed by atoms with van der Waals surface area (Å²) in [4.78, 5) is 57.4. The van der Waals surface area contributed by atoms with Crippen LogP contribution in [-0.4, -0.2) is 91.9 Å². The van der Waals surface area contributed by atoms with Gasteiger partial charge in [0, 0.05) is 26.6 Å². The zero-order valence-corrected chi connectivity index (χ0v) is 31.5. The number of hydrogen-bond acceptors (Lipinski definition) is 9. The van der Waals surface area contributed by atoms with Gasteiger partial charge in [0.2, 0.25) is 11.8 Å². The molecule has 1 fully saturated rings. The van der Waals surface area contributed by atoms with Gasteiger partial charge >= 0.3 is 5.97 Å². The van der Waals surface area contributed by atoms with Crippen molar-refractivity contribution in [2.75, 3.05) is 26.9 Å². The molecule has 4 N–H and O–H groups in total. The zero-order valence-electron chi connectivity index (χ0n) is 30.5. The minimum atomic E-state index is -1.38. The van der Waals surface area contributed by atoms with Crippen LogP contribution < -0.4 is 16.1 Å². The Morgan fingerprint density at radius 3 is 2.45 bits per heavy atom. The lowest BCUT2D eigenvalue weighted by Crippen LogP contribution is -2.61. The smallest absolute Gasteiger partial charge is 0.324 e. The van der Waals surface area contributed by atoms with Gasteiger partial charge in [-0.1, -0.05) is 63.8 Å². The van der Waals surface area contributed by atoms with Gasteiger partial charge in [0.1, 0.15) is 18.1 Å². The molecular formula is C36H55N5O7Si. The molecule has 13 heteroatoms. The van der Waals surface area contributed by atoms with Gasteiger partial charge in [-0.05, 0) is 63.3 Å². The van der Waals surface area contributed by atoms with Crippen molar-refractivity contribution in [1.29, 1.82) is 0 Å². The number of nitrogens with one attached hydrogen (secondary N) is 3. The summed E-state index contributed by atoms with van der Waals surface area (Å²) in [6, 6.07) is 7.92. The number of rotatable bonds is 15. The summed E-state index contributed by atoms with van der Waals surface area (Å²) >= 11 is 0. The van der Waals surface area contributed by atoms with Crippen molar-refractivity contribution >= 4 is 48.7 Å². The van der Waals surface area contributed by atoms with Gasteiger partial charge in [0.15, 0.2) is 0 Å². The number of hydrogen-bond donors (Lipinski definition) is 4. The molecule has 0 aliphatic carbocycles. The van der Waals surface area contributed by atoms with Crippen LogP contribution in [0.1, 0.15) is 64.8 Å². The molecule has 0 saturated carbocycles. The van der Waals surface area contributed by atoms with Gasteiger partial charge in [-0.2, -0.15) is 0 Å². The van der Waals surface area contributed by atoms with Crippen LogP contribution in [0.5, 0.6) is 0 Å². The average Bonchev–Trinajstić information content (AvgIpc) is 3.06. The van der Waals surface area contributed by atoms with Crippen LogP contribution in [0.2, 0.25) is 25.7 Å². The Balaban J connectivity index is 1.79. The number of aromatic nitrogens is 1. The van der Waals surface area contributed by atoms with Crippen molar-refractivity contribution < 1.29 is 33.8 Å². The SMILES string of the molecule is COC(=O)[C@@H]1CCCN(C(=O)C(C)NC(=O)[C@@H](NC(=O)[C@](C)(/C=C/c2ccc3ccc([C@@H](C)O)nc3c2)COCC[Si](C)(C)C)C(C)C)N1. The highest BCUT2D eigenvalue weighted by Crippen LogP contribution is 2.25. The van der Waals surface area contributed by atoms with Gasteiger partial charge < -0.3 is 25.2 Å². The molecule has 49 heavy (non-hydrogen) atoms. The van der Waals surface area contributed by atoms with Crippen LogP contribution in [0.4, 0.5) is 0 Å². The van der Waals surface area contributed by atoms with E-state index in [1.165, 1.54) is 12.1 Å². The van der Waals surface area contributed by atoms with Gasteiger partial charge in [-0.3, -0.25) is 29.2 Å². The third kappa shape index (κ3) is 11.4. The number of aliphatic hydroxyl groups excluding tert-OH is 1. The number of benzene rings is 1. The highest BCUT2D eigenvalue weighted by molar-refractivity contribution is 6.76. The number of nitrogens with zero attached hydrogens (tertiary/aromatic N) is 2. The first kappa shape index (κ1) is 39.8. The predicted octanol–water partition coefficient (Wildman–Crippen LogP) is 3.98. The second kappa shape index (κ2) is 17.3. The summed E-state index contributed by atoms with van der Waals surface area (Å²) in [5, 5.41) is 18.0. The fourth-order valence-corrected chi connectivity index (χ4v) is 6.07. The normalized spacial score (nSPS) is 18.5.